The highest BCUT2D eigenvalue weighted by molar-refractivity contribution is 9.10. The molecule has 136 valence electrons. The second kappa shape index (κ2) is 6.46. The topological polar surface area (TPSA) is 101 Å². The number of benzene rings is 2. The number of carboxylic acid groups (broad SMARTS) is 1. The van der Waals surface area contributed by atoms with Crippen molar-refractivity contribution in [2.75, 3.05) is 0 Å². The third-order valence-electron chi connectivity index (χ3n) is 3.37. The van der Waals surface area contributed by atoms with Crippen LogP contribution in [-0.2, 0) is 14.9 Å². The van der Waals surface area contributed by atoms with Gasteiger partial charge in [-0.1, -0.05) is 24.3 Å². The van der Waals surface area contributed by atoms with E-state index in [2.05, 4.69) is 20.1 Å². The number of rotatable bonds is 4. The van der Waals surface area contributed by atoms with Crippen LogP contribution < -0.4 is 4.18 Å². The van der Waals surface area contributed by atoms with Crippen molar-refractivity contribution >= 4 is 42.8 Å². The Balaban J connectivity index is 2.91. The summed E-state index contributed by atoms with van der Waals surface area (Å²) < 4.78 is 65.4. The van der Waals surface area contributed by atoms with Crippen molar-refractivity contribution in [3.63, 3.8) is 0 Å². The molecular formula is C14H10BrF3O6S. The van der Waals surface area contributed by atoms with Crippen LogP contribution in [0.4, 0.5) is 13.2 Å². The van der Waals surface area contributed by atoms with Gasteiger partial charge in [-0.25, -0.2) is 4.79 Å². The van der Waals surface area contributed by atoms with Gasteiger partial charge in [0, 0.05) is 15.4 Å². The highest BCUT2D eigenvalue weighted by Crippen LogP contribution is 2.43. The normalized spacial score (nSPS) is 13.7. The number of hydrogen-bond donors (Lipinski definition) is 2. The zero-order valence-corrected chi connectivity index (χ0v) is 14.7. The van der Waals surface area contributed by atoms with Crippen molar-refractivity contribution in [2.45, 2.75) is 18.5 Å². The summed E-state index contributed by atoms with van der Waals surface area (Å²) in [5.41, 5.74) is -6.28. The molecule has 0 aromatic heterocycles. The number of hydrogen-bond acceptors (Lipinski definition) is 5. The van der Waals surface area contributed by atoms with Crippen molar-refractivity contribution in [1.82, 2.24) is 0 Å². The lowest BCUT2D eigenvalue weighted by Gasteiger charge is -2.20. The van der Waals surface area contributed by atoms with E-state index in [-0.39, 0.29) is 20.8 Å². The molecule has 2 rings (SSSR count). The standard InChI is InChI=1S/C14H10BrF3O6S/c1-6-9(11(19)13(20)21)12(24-25(22,23)14(16,17)18)8-5-3-2-4-7(8)10(6)15/h2-5,11,19H,1H3,(H,20,21). The van der Waals surface area contributed by atoms with E-state index in [1.807, 2.05) is 0 Å². The molecule has 0 saturated heterocycles. The smallest absolute Gasteiger partial charge is 0.479 e. The maximum Gasteiger partial charge on any atom is 0.534 e. The lowest BCUT2D eigenvalue weighted by molar-refractivity contribution is -0.147. The van der Waals surface area contributed by atoms with Crippen LogP contribution >= 0.6 is 15.9 Å². The number of carboxylic acids is 1. The first-order valence-corrected chi connectivity index (χ1v) is 8.71. The van der Waals surface area contributed by atoms with E-state index < -0.39 is 39.0 Å². The van der Waals surface area contributed by atoms with Crippen LogP contribution in [0.25, 0.3) is 10.8 Å². The molecule has 0 fully saturated rings. The molecule has 0 amide bonds. The van der Waals surface area contributed by atoms with Crippen LogP contribution in [0, 0.1) is 6.92 Å². The second-order valence-corrected chi connectivity index (χ2v) is 7.28. The van der Waals surface area contributed by atoms with Gasteiger partial charge in [0.2, 0.25) is 0 Å². The SMILES string of the molecule is Cc1c(C(O)C(=O)O)c(OS(=O)(=O)C(F)(F)F)c2ccccc2c1Br. The zero-order valence-electron chi connectivity index (χ0n) is 12.3. The maximum absolute atomic E-state index is 12.7. The van der Waals surface area contributed by atoms with E-state index >= 15 is 0 Å². The van der Waals surface area contributed by atoms with Gasteiger partial charge >= 0.3 is 21.6 Å². The number of aliphatic hydroxyl groups is 1. The van der Waals surface area contributed by atoms with Crippen molar-refractivity contribution in [3.8, 4) is 5.75 Å². The number of carbonyl (C=O) groups is 1. The number of alkyl halides is 3. The van der Waals surface area contributed by atoms with Gasteiger partial charge in [-0.15, -0.1) is 0 Å². The molecule has 6 nitrogen and oxygen atoms in total. The van der Waals surface area contributed by atoms with Crippen molar-refractivity contribution in [2.24, 2.45) is 0 Å². The van der Waals surface area contributed by atoms with E-state index in [4.69, 9.17) is 5.11 Å². The van der Waals surface area contributed by atoms with Gasteiger partial charge in [-0.3, -0.25) is 0 Å². The number of aliphatic hydroxyl groups excluding tert-OH is 1. The molecule has 11 heteroatoms. The summed E-state index contributed by atoms with van der Waals surface area (Å²) in [7, 11) is -6.07. The van der Waals surface area contributed by atoms with Crippen LogP contribution in [0.2, 0.25) is 0 Å². The molecule has 0 heterocycles. The summed E-state index contributed by atoms with van der Waals surface area (Å²) in [5, 5.41) is 19.1. The zero-order chi connectivity index (χ0) is 19.2. The molecule has 2 N–H and O–H groups in total. The minimum atomic E-state index is -6.07. The van der Waals surface area contributed by atoms with Crippen LogP contribution in [0.3, 0.4) is 0 Å². The maximum atomic E-state index is 12.7. The lowest BCUT2D eigenvalue weighted by atomic mass is 9.96. The van der Waals surface area contributed by atoms with Gasteiger partial charge in [0.15, 0.2) is 11.9 Å². The summed E-state index contributed by atoms with van der Waals surface area (Å²) >= 11 is 3.17. The molecule has 2 aromatic rings. The Morgan fingerprint density at radius 1 is 1.24 bits per heavy atom. The molecule has 1 unspecified atom stereocenters. The molecule has 2 aromatic carbocycles. The van der Waals surface area contributed by atoms with Gasteiger partial charge in [0.05, 0.1) is 0 Å². The number of halogens is 4. The third kappa shape index (κ3) is 3.44. The Kier molecular flexibility index (Phi) is 5.04. The fourth-order valence-corrected chi connectivity index (χ4v) is 3.26. The lowest BCUT2D eigenvalue weighted by Crippen LogP contribution is -2.29. The van der Waals surface area contributed by atoms with Crippen molar-refractivity contribution < 1.29 is 40.8 Å². The Labute approximate surface area is 148 Å². The Bertz CT molecular complexity index is 955. The Morgan fingerprint density at radius 3 is 2.24 bits per heavy atom. The van der Waals surface area contributed by atoms with Crippen LogP contribution in [0.1, 0.15) is 17.2 Å². The third-order valence-corrected chi connectivity index (χ3v) is 5.34. The molecule has 0 aliphatic carbocycles. The average Bonchev–Trinajstić information content (AvgIpc) is 2.50. The predicted molar refractivity (Wildman–Crippen MR) is 84.6 cm³/mol. The largest absolute Gasteiger partial charge is 0.534 e. The fraction of sp³-hybridized carbons (Fsp3) is 0.214. The summed E-state index contributed by atoms with van der Waals surface area (Å²) in [6.45, 7) is 1.31. The molecule has 1 atom stereocenters. The second-order valence-electron chi connectivity index (χ2n) is 4.95. The molecular weight excluding hydrogens is 433 g/mol. The van der Waals surface area contributed by atoms with Gasteiger partial charge in [0.1, 0.15) is 0 Å². The molecule has 0 bridgehead atoms. The quantitative estimate of drug-likeness (QED) is 0.556. The highest BCUT2D eigenvalue weighted by atomic mass is 79.9. The Morgan fingerprint density at radius 2 is 1.76 bits per heavy atom. The fourth-order valence-electron chi connectivity index (χ4n) is 2.21. The molecule has 0 spiro atoms. The average molecular weight is 443 g/mol. The summed E-state index contributed by atoms with van der Waals surface area (Å²) in [4.78, 5) is 11.1. The molecule has 0 aliphatic heterocycles. The van der Waals surface area contributed by atoms with Crippen molar-refractivity contribution in [3.05, 3.63) is 39.9 Å². The van der Waals surface area contributed by atoms with E-state index in [9.17, 15) is 31.5 Å². The van der Waals surface area contributed by atoms with Crippen LogP contribution in [0.15, 0.2) is 28.7 Å². The monoisotopic (exact) mass is 442 g/mol. The van der Waals surface area contributed by atoms with Gasteiger partial charge in [0.25, 0.3) is 0 Å². The first-order chi connectivity index (χ1) is 11.4. The molecule has 25 heavy (non-hydrogen) atoms. The van der Waals surface area contributed by atoms with Gasteiger partial charge in [-0.05, 0) is 33.8 Å². The van der Waals surface area contributed by atoms with E-state index in [0.717, 1.165) is 0 Å². The first-order valence-electron chi connectivity index (χ1n) is 6.50. The first kappa shape index (κ1) is 19.5. The highest BCUT2D eigenvalue weighted by Gasteiger charge is 2.49. The number of fused-ring (bicyclic) bond motifs is 1. The summed E-state index contributed by atoms with van der Waals surface area (Å²) in [6.07, 6.45) is -2.29. The van der Waals surface area contributed by atoms with Gasteiger partial charge < -0.3 is 14.4 Å². The molecule has 0 aliphatic rings. The molecule has 0 radical (unpaired) electrons. The minimum absolute atomic E-state index is 0.0287. The van der Waals surface area contributed by atoms with Gasteiger partial charge in [-0.2, -0.15) is 21.6 Å². The Hall–Kier alpha value is -1.85. The van der Waals surface area contributed by atoms with Crippen molar-refractivity contribution in [1.29, 1.82) is 0 Å². The molecule has 0 saturated carbocycles. The van der Waals surface area contributed by atoms with E-state index in [1.54, 1.807) is 6.07 Å². The van der Waals surface area contributed by atoms with Crippen LogP contribution in [-0.4, -0.2) is 30.1 Å². The minimum Gasteiger partial charge on any atom is -0.479 e. The number of aliphatic carboxylic acids is 1. The summed E-state index contributed by atoms with van der Waals surface area (Å²) in [5.74, 6) is -2.66. The predicted octanol–water partition coefficient (Wildman–Crippen LogP) is 3.26. The van der Waals surface area contributed by atoms with Crippen LogP contribution in [0.5, 0.6) is 5.75 Å². The van der Waals surface area contributed by atoms with E-state index in [1.165, 1.54) is 25.1 Å². The van der Waals surface area contributed by atoms with E-state index in [0.29, 0.717) is 0 Å². The summed E-state index contributed by atoms with van der Waals surface area (Å²) in [6, 6.07) is 5.66.